The molecule has 0 bridgehead atoms. The van der Waals surface area contributed by atoms with Crippen LogP contribution in [0.15, 0.2) is 18.2 Å². The summed E-state index contributed by atoms with van der Waals surface area (Å²) in [6.07, 6.45) is 6.16. The predicted octanol–water partition coefficient (Wildman–Crippen LogP) is 5.50. The zero-order chi connectivity index (χ0) is 13.8. The van der Waals surface area contributed by atoms with Gasteiger partial charge >= 0.3 is 0 Å². The van der Waals surface area contributed by atoms with E-state index < -0.39 is 0 Å². The van der Waals surface area contributed by atoms with Gasteiger partial charge in [0.05, 0.1) is 0 Å². The molecular weight excluding hydrogens is 261 g/mol. The van der Waals surface area contributed by atoms with E-state index in [2.05, 4.69) is 19.2 Å². The van der Waals surface area contributed by atoms with E-state index in [4.69, 9.17) is 11.6 Å². The molecule has 1 aliphatic carbocycles. The molecule has 0 heterocycles. The average molecular weight is 284 g/mol. The second-order valence-electron chi connectivity index (χ2n) is 6.01. The Morgan fingerprint density at radius 2 is 1.95 bits per heavy atom. The van der Waals surface area contributed by atoms with Crippen LogP contribution < -0.4 is 5.32 Å². The van der Waals surface area contributed by atoms with Crippen LogP contribution in [0.1, 0.15) is 46.0 Å². The van der Waals surface area contributed by atoms with E-state index in [0.29, 0.717) is 11.1 Å². The molecule has 1 aliphatic rings. The van der Waals surface area contributed by atoms with Crippen LogP contribution in [-0.2, 0) is 0 Å². The van der Waals surface area contributed by atoms with Crippen molar-refractivity contribution >= 4 is 17.3 Å². The van der Waals surface area contributed by atoms with Gasteiger partial charge in [-0.05, 0) is 49.3 Å². The normalized spacial score (nSPS) is 24.3. The zero-order valence-electron chi connectivity index (χ0n) is 11.8. The van der Waals surface area contributed by atoms with Crippen LogP contribution >= 0.6 is 11.6 Å². The third-order valence-electron chi connectivity index (χ3n) is 4.19. The molecule has 2 unspecified atom stereocenters. The highest BCUT2D eigenvalue weighted by molar-refractivity contribution is 6.30. The number of anilines is 1. The van der Waals surface area contributed by atoms with Gasteiger partial charge in [-0.15, -0.1) is 0 Å². The lowest BCUT2D eigenvalue weighted by molar-refractivity contribution is 0.341. The molecule has 106 valence electrons. The lowest BCUT2D eigenvalue weighted by atomic mass is 9.89. The second-order valence-corrected chi connectivity index (χ2v) is 6.45. The molecular formula is C16H23ClFN. The SMILES string of the molecule is CC(C)C1CCCC(Nc2cc(F)cc(Cl)c2)CC1. The fourth-order valence-electron chi connectivity index (χ4n) is 3.01. The Hall–Kier alpha value is -0.760. The number of benzene rings is 1. The van der Waals surface area contributed by atoms with Crippen LogP contribution in [0.4, 0.5) is 10.1 Å². The molecule has 0 aliphatic heterocycles. The van der Waals surface area contributed by atoms with Crippen LogP contribution in [0.25, 0.3) is 0 Å². The average Bonchev–Trinajstić information content (AvgIpc) is 2.53. The van der Waals surface area contributed by atoms with Crippen LogP contribution in [0, 0.1) is 17.7 Å². The highest BCUT2D eigenvalue weighted by atomic mass is 35.5. The maximum atomic E-state index is 13.3. The van der Waals surface area contributed by atoms with Crippen molar-refractivity contribution in [2.45, 2.75) is 52.0 Å². The lowest BCUT2D eigenvalue weighted by Crippen LogP contribution is -2.18. The fourth-order valence-corrected chi connectivity index (χ4v) is 3.24. The van der Waals surface area contributed by atoms with Gasteiger partial charge in [0.1, 0.15) is 5.82 Å². The quantitative estimate of drug-likeness (QED) is 0.723. The van der Waals surface area contributed by atoms with E-state index in [0.717, 1.165) is 30.4 Å². The minimum absolute atomic E-state index is 0.274. The summed E-state index contributed by atoms with van der Waals surface area (Å²) in [7, 11) is 0. The Morgan fingerprint density at radius 3 is 2.63 bits per heavy atom. The van der Waals surface area contributed by atoms with E-state index >= 15 is 0 Å². The van der Waals surface area contributed by atoms with Crippen molar-refractivity contribution in [1.29, 1.82) is 0 Å². The first kappa shape index (κ1) is 14.6. The van der Waals surface area contributed by atoms with Crippen molar-refractivity contribution in [2.24, 2.45) is 11.8 Å². The minimum Gasteiger partial charge on any atom is -0.382 e. The number of hydrogen-bond acceptors (Lipinski definition) is 1. The topological polar surface area (TPSA) is 12.0 Å². The summed E-state index contributed by atoms with van der Waals surface area (Å²) in [5.41, 5.74) is 0.804. The Kier molecular flexibility index (Phi) is 5.09. The lowest BCUT2D eigenvalue weighted by Gasteiger charge is -2.20. The molecule has 3 heteroatoms. The van der Waals surface area contributed by atoms with Crippen molar-refractivity contribution in [1.82, 2.24) is 0 Å². The van der Waals surface area contributed by atoms with Gasteiger partial charge in [-0.2, -0.15) is 0 Å². The second kappa shape index (κ2) is 6.60. The highest BCUT2D eigenvalue weighted by Crippen LogP contribution is 2.30. The molecule has 1 saturated carbocycles. The fraction of sp³-hybridized carbons (Fsp3) is 0.625. The summed E-state index contributed by atoms with van der Waals surface area (Å²) >= 11 is 5.88. The first-order valence-electron chi connectivity index (χ1n) is 7.27. The maximum absolute atomic E-state index is 13.3. The molecule has 0 aromatic heterocycles. The zero-order valence-corrected chi connectivity index (χ0v) is 12.5. The van der Waals surface area contributed by atoms with Gasteiger partial charge in [0.25, 0.3) is 0 Å². The molecule has 19 heavy (non-hydrogen) atoms. The summed E-state index contributed by atoms with van der Waals surface area (Å²) in [5, 5.41) is 3.89. The van der Waals surface area contributed by atoms with Crippen LogP contribution in [0.3, 0.4) is 0 Å². The molecule has 2 atom stereocenters. The van der Waals surface area contributed by atoms with Gasteiger partial charge in [-0.25, -0.2) is 4.39 Å². The summed E-state index contributed by atoms with van der Waals surface area (Å²) in [5.74, 6) is 1.33. The predicted molar refractivity (Wildman–Crippen MR) is 80.2 cm³/mol. The van der Waals surface area contributed by atoms with Gasteiger partial charge in [0, 0.05) is 16.8 Å². The van der Waals surface area contributed by atoms with E-state index in [1.807, 2.05) is 0 Å². The number of rotatable bonds is 3. The van der Waals surface area contributed by atoms with Gasteiger partial charge in [0.15, 0.2) is 0 Å². The molecule has 0 radical (unpaired) electrons. The molecule has 1 fully saturated rings. The molecule has 2 rings (SSSR count). The molecule has 0 spiro atoms. The summed E-state index contributed by atoms with van der Waals surface area (Å²) in [6.45, 7) is 4.62. The first-order valence-corrected chi connectivity index (χ1v) is 7.65. The summed E-state index contributed by atoms with van der Waals surface area (Å²) < 4.78 is 13.3. The molecule has 0 saturated heterocycles. The van der Waals surface area contributed by atoms with Gasteiger partial charge in [-0.3, -0.25) is 0 Å². The van der Waals surface area contributed by atoms with Crippen molar-refractivity contribution in [3.05, 3.63) is 29.0 Å². The Balaban J connectivity index is 1.95. The largest absolute Gasteiger partial charge is 0.382 e. The maximum Gasteiger partial charge on any atom is 0.126 e. The molecule has 1 aromatic rings. The molecule has 1 nitrogen and oxygen atoms in total. The number of nitrogens with one attached hydrogen (secondary N) is 1. The molecule has 1 aromatic carbocycles. The highest BCUT2D eigenvalue weighted by Gasteiger charge is 2.20. The number of halogens is 2. The van der Waals surface area contributed by atoms with E-state index in [1.54, 1.807) is 6.07 Å². The van der Waals surface area contributed by atoms with Crippen molar-refractivity contribution in [3.63, 3.8) is 0 Å². The third kappa shape index (κ3) is 4.38. The Bertz CT molecular complexity index is 399. The van der Waals surface area contributed by atoms with Crippen LogP contribution in [0.2, 0.25) is 5.02 Å². The third-order valence-corrected chi connectivity index (χ3v) is 4.41. The minimum atomic E-state index is -0.274. The monoisotopic (exact) mass is 283 g/mol. The van der Waals surface area contributed by atoms with Crippen LogP contribution in [0.5, 0.6) is 0 Å². The van der Waals surface area contributed by atoms with Crippen molar-refractivity contribution in [3.8, 4) is 0 Å². The standard InChI is InChI=1S/C16H23ClFN/c1-11(2)12-4-3-5-15(7-6-12)19-16-9-13(17)8-14(18)10-16/h8-12,15,19H,3-7H2,1-2H3. The van der Waals surface area contributed by atoms with E-state index in [1.165, 1.54) is 31.4 Å². The smallest absolute Gasteiger partial charge is 0.126 e. The van der Waals surface area contributed by atoms with Gasteiger partial charge in [0.2, 0.25) is 0 Å². The molecule has 1 N–H and O–H groups in total. The van der Waals surface area contributed by atoms with Gasteiger partial charge < -0.3 is 5.32 Å². The van der Waals surface area contributed by atoms with E-state index in [-0.39, 0.29) is 5.82 Å². The van der Waals surface area contributed by atoms with Crippen LogP contribution in [-0.4, -0.2) is 6.04 Å². The van der Waals surface area contributed by atoms with Crippen molar-refractivity contribution in [2.75, 3.05) is 5.32 Å². The van der Waals surface area contributed by atoms with Gasteiger partial charge in [-0.1, -0.05) is 38.3 Å². The first-order chi connectivity index (χ1) is 9.04. The Morgan fingerprint density at radius 1 is 1.16 bits per heavy atom. The van der Waals surface area contributed by atoms with Crippen molar-refractivity contribution < 1.29 is 4.39 Å². The Labute approximate surface area is 120 Å². The summed E-state index contributed by atoms with van der Waals surface area (Å²) in [4.78, 5) is 0. The van der Waals surface area contributed by atoms with E-state index in [9.17, 15) is 4.39 Å². The number of hydrogen-bond donors (Lipinski definition) is 1. The molecule has 0 amide bonds. The summed E-state index contributed by atoms with van der Waals surface area (Å²) in [6, 6.07) is 5.11.